The zero-order valence-electron chi connectivity index (χ0n) is 20.4. The standard InChI is InChI=1S/C25H37O6P/c1-8-30-32(26,31-9-2)17-29-22-12-19(5)24(20(6)13-22)15-21-10-11-25(28-16-27-7)23(14-21)18(3)4/h10-14,18H,8-9,15-17H2,1-7H3. The van der Waals surface area contributed by atoms with Crippen LogP contribution in [0.1, 0.15) is 61.4 Å². The van der Waals surface area contributed by atoms with Crippen molar-refractivity contribution in [3.8, 4) is 11.5 Å². The summed E-state index contributed by atoms with van der Waals surface area (Å²) in [5.74, 6) is 1.86. The Balaban J connectivity index is 2.20. The minimum atomic E-state index is -3.25. The Hall–Kier alpha value is -1.85. The number of hydrogen-bond donors (Lipinski definition) is 0. The fourth-order valence-electron chi connectivity index (χ4n) is 3.59. The van der Waals surface area contributed by atoms with E-state index >= 15 is 0 Å². The number of ether oxygens (including phenoxy) is 3. The third kappa shape index (κ3) is 7.35. The quantitative estimate of drug-likeness (QED) is 0.246. The van der Waals surface area contributed by atoms with Crippen LogP contribution in [0.5, 0.6) is 11.5 Å². The van der Waals surface area contributed by atoms with Crippen LogP contribution in [-0.2, 0) is 24.8 Å². The molecule has 0 spiro atoms. The molecule has 0 aliphatic heterocycles. The van der Waals surface area contributed by atoms with Crippen LogP contribution in [-0.4, -0.2) is 33.5 Å². The Kier molecular flexibility index (Phi) is 10.2. The molecular weight excluding hydrogens is 427 g/mol. The Bertz CT molecular complexity index is 892. The Labute approximate surface area is 192 Å². The van der Waals surface area contributed by atoms with Gasteiger partial charge in [0.25, 0.3) is 0 Å². The molecule has 2 rings (SSSR count). The first kappa shape index (κ1) is 26.4. The fraction of sp³-hybridized carbons (Fsp3) is 0.520. The van der Waals surface area contributed by atoms with Crippen molar-refractivity contribution < 1.29 is 27.8 Å². The molecule has 0 heterocycles. The van der Waals surface area contributed by atoms with E-state index in [2.05, 4.69) is 39.8 Å². The van der Waals surface area contributed by atoms with Gasteiger partial charge in [0.05, 0.1) is 13.2 Å². The van der Waals surface area contributed by atoms with Crippen molar-refractivity contribution in [1.82, 2.24) is 0 Å². The molecule has 6 nitrogen and oxygen atoms in total. The van der Waals surface area contributed by atoms with Gasteiger partial charge in [-0.15, -0.1) is 0 Å². The monoisotopic (exact) mass is 464 g/mol. The van der Waals surface area contributed by atoms with Gasteiger partial charge in [-0.2, -0.15) is 0 Å². The lowest BCUT2D eigenvalue weighted by Crippen LogP contribution is -2.07. The highest BCUT2D eigenvalue weighted by atomic mass is 31.2. The van der Waals surface area contributed by atoms with Crippen LogP contribution in [0.2, 0.25) is 0 Å². The number of hydrogen-bond acceptors (Lipinski definition) is 6. The van der Waals surface area contributed by atoms with Gasteiger partial charge >= 0.3 is 7.60 Å². The first-order chi connectivity index (χ1) is 15.2. The minimum absolute atomic E-state index is 0.104. The average Bonchev–Trinajstić information content (AvgIpc) is 2.74. The summed E-state index contributed by atoms with van der Waals surface area (Å²) in [5, 5.41) is 0. The maximum Gasteiger partial charge on any atom is 0.367 e. The summed E-state index contributed by atoms with van der Waals surface area (Å²) in [6.07, 6.45) is 0.701. The van der Waals surface area contributed by atoms with Crippen LogP contribution in [0.15, 0.2) is 30.3 Å². The van der Waals surface area contributed by atoms with Crippen molar-refractivity contribution in [3.63, 3.8) is 0 Å². The van der Waals surface area contributed by atoms with Crippen LogP contribution in [0.3, 0.4) is 0 Å². The SMILES string of the molecule is CCOP(=O)(COc1cc(C)c(Cc2ccc(OCOC)c(C(C)C)c2)c(C)c1)OCC. The summed E-state index contributed by atoms with van der Waals surface area (Å²) < 4.78 is 39.9. The van der Waals surface area contributed by atoms with E-state index in [9.17, 15) is 4.57 Å². The normalized spacial score (nSPS) is 11.8. The summed E-state index contributed by atoms with van der Waals surface area (Å²) in [6.45, 7) is 12.9. The molecule has 0 atom stereocenters. The molecule has 0 aliphatic carbocycles. The summed E-state index contributed by atoms with van der Waals surface area (Å²) in [6, 6.07) is 10.3. The molecule has 178 valence electrons. The van der Waals surface area contributed by atoms with Crippen molar-refractivity contribution in [2.24, 2.45) is 0 Å². The van der Waals surface area contributed by atoms with Gasteiger partial charge < -0.3 is 23.3 Å². The van der Waals surface area contributed by atoms with Crippen molar-refractivity contribution in [2.45, 2.75) is 53.9 Å². The van der Waals surface area contributed by atoms with Crippen LogP contribution < -0.4 is 9.47 Å². The van der Waals surface area contributed by atoms with Crippen molar-refractivity contribution in [3.05, 3.63) is 58.1 Å². The third-order valence-corrected chi connectivity index (χ3v) is 6.87. The van der Waals surface area contributed by atoms with Gasteiger partial charge in [0.15, 0.2) is 13.1 Å². The topological polar surface area (TPSA) is 63.2 Å². The Morgan fingerprint density at radius 2 is 1.56 bits per heavy atom. The second-order valence-electron chi connectivity index (χ2n) is 8.01. The minimum Gasteiger partial charge on any atom is -0.481 e. The molecule has 0 unspecified atom stereocenters. The molecule has 0 aliphatic rings. The second kappa shape index (κ2) is 12.4. The largest absolute Gasteiger partial charge is 0.481 e. The van der Waals surface area contributed by atoms with Gasteiger partial charge in [0.2, 0.25) is 0 Å². The number of aryl methyl sites for hydroxylation is 2. The summed E-state index contributed by atoms with van der Waals surface area (Å²) >= 11 is 0. The maximum atomic E-state index is 12.7. The molecule has 32 heavy (non-hydrogen) atoms. The molecule has 0 aromatic heterocycles. The molecular formula is C25H37O6P. The fourth-order valence-corrected chi connectivity index (χ4v) is 4.91. The smallest absolute Gasteiger partial charge is 0.367 e. The number of methoxy groups -OCH3 is 1. The molecule has 0 saturated carbocycles. The molecule has 2 aromatic rings. The first-order valence-corrected chi connectivity index (χ1v) is 12.8. The van der Waals surface area contributed by atoms with E-state index in [1.165, 1.54) is 11.1 Å². The predicted octanol–water partition coefficient (Wildman–Crippen LogP) is 6.60. The van der Waals surface area contributed by atoms with E-state index in [1.807, 2.05) is 18.2 Å². The molecule has 0 N–H and O–H groups in total. The summed E-state index contributed by atoms with van der Waals surface area (Å²) in [7, 11) is -1.63. The highest BCUT2D eigenvalue weighted by Gasteiger charge is 2.25. The molecule has 0 radical (unpaired) electrons. The Morgan fingerprint density at radius 3 is 2.09 bits per heavy atom. The van der Waals surface area contributed by atoms with E-state index in [1.54, 1.807) is 21.0 Å². The maximum absolute atomic E-state index is 12.7. The van der Waals surface area contributed by atoms with E-state index < -0.39 is 7.60 Å². The zero-order valence-corrected chi connectivity index (χ0v) is 21.3. The van der Waals surface area contributed by atoms with Gasteiger partial charge in [0.1, 0.15) is 11.5 Å². The first-order valence-electron chi connectivity index (χ1n) is 11.1. The molecule has 0 fully saturated rings. The van der Waals surface area contributed by atoms with Crippen molar-refractivity contribution in [2.75, 3.05) is 33.5 Å². The summed E-state index contributed by atoms with van der Waals surface area (Å²) in [4.78, 5) is 0. The van der Waals surface area contributed by atoms with E-state index in [0.29, 0.717) is 24.9 Å². The van der Waals surface area contributed by atoms with Crippen LogP contribution in [0.25, 0.3) is 0 Å². The highest BCUT2D eigenvalue weighted by Crippen LogP contribution is 2.48. The van der Waals surface area contributed by atoms with Gasteiger partial charge in [-0.25, -0.2) is 0 Å². The molecule has 0 amide bonds. The second-order valence-corrected chi connectivity index (χ2v) is 10.0. The average molecular weight is 465 g/mol. The highest BCUT2D eigenvalue weighted by molar-refractivity contribution is 7.53. The van der Waals surface area contributed by atoms with Crippen molar-refractivity contribution >= 4 is 7.60 Å². The number of rotatable bonds is 13. The van der Waals surface area contributed by atoms with E-state index in [0.717, 1.165) is 28.9 Å². The zero-order chi connectivity index (χ0) is 23.7. The lowest BCUT2D eigenvalue weighted by Gasteiger charge is -2.19. The van der Waals surface area contributed by atoms with E-state index in [4.69, 9.17) is 23.3 Å². The van der Waals surface area contributed by atoms with Gasteiger partial charge in [-0.3, -0.25) is 4.57 Å². The third-order valence-electron chi connectivity index (χ3n) is 5.12. The molecule has 0 saturated heterocycles. The van der Waals surface area contributed by atoms with Gasteiger partial charge in [0, 0.05) is 7.11 Å². The van der Waals surface area contributed by atoms with Crippen LogP contribution in [0, 0.1) is 13.8 Å². The van der Waals surface area contributed by atoms with Crippen LogP contribution in [0.4, 0.5) is 0 Å². The lowest BCUT2D eigenvalue weighted by atomic mass is 9.93. The van der Waals surface area contributed by atoms with Crippen molar-refractivity contribution in [1.29, 1.82) is 0 Å². The number of benzene rings is 2. The predicted molar refractivity (Wildman–Crippen MR) is 128 cm³/mol. The summed E-state index contributed by atoms with van der Waals surface area (Å²) in [5.41, 5.74) is 5.87. The molecule has 0 bridgehead atoms. The van der Waals surface area contributed by atoms with Crippen LogP contribution >= 0.6 is 7.60 Å². The Morgan fingerprint density at radius 1 is 0.938 bits per heavy atom. The molecule has 2 aromatic carbocycles. The lowest BCUT2D eigenvalue weighted by molar-refractivity contribution is 0.0502. The van der Waals surface area contributed by atoms with Gasteiger partial charge in [-0.1, -0.05) is 26.0 Å². The molecule has 7 heteroatoms. The van der Waals surface area contributed by atoms with E-state index in [-0.39, 0.29) is 13.1 Å². The van der Waals surface area contributed by atoms with Gasteiger partial charge in [-0.05, 0) is 86.1 Å².